The second-order valence-electron chi connectivity index (χ2n) is 6.19. The van der Waals surface area contributed by atoms with Crippen molar-refractivity contribution in [2.75, 3.05) is 27.4 Å². The normalized spacial score (nSPS) is 15.8. The molecule has 1 aliphatic heterocycles. The molecule has 0 fully saturated rings. The van der Waals surface area contributed by atoms with Gasteiger partial charge in [-0.2, -0.15) is 4.58 Å². The zero-order valence-corrected chi connectivity index (χ0v) is 14.9. The van der Waals surface area contributed by atoms with Gasteiger partial charge in [0.15, 0.2) is 12.3 Å². The summed E-state index contributed by atoms with van der Waals surface area (Å²) >= 11 is 0. The summed E-state index contributed by atoms with van der Waals surface area (Å²) in [6, 6.07) is 4.27. The van der Waals surface area contributed by atoms with Crippen LogP contribution in [0, 0.1) is 6.92 Å². The third-order valence-corrected chi connectivity index (χ3v) is 4.28. The van der Waals surface area contributed by atoms with Gasteiger partial charge in [-0.05, 0) is 32.9 Å². The Kier molecular flexibility index (Phi) is 6.44. The Morgan fingerprint density at radius 2 is 1.62 bits per heavy atom. The fourth-order valence-corrected chi connectivity index (χ4v) is 2.86. The molecule has 1 heterocycles. The minimum absolute atomic E-state index is 0.0440. The van der Waals surface area contributed by atoms with E-state index >= 15 is 0 Å². The van der Waals surface area contributed by atoms with Gasteiger partial charge >= 0.3 is 7.25 Å². The predicted molar refractivity (Wildman–Crippen MR) is 88.3 cm³/mol. The minimum Gasteiger partial charge on any atom is -0.497 e. The molecular weight excluding hydrogens is 325 g/mol. The van der Waals surface area contributed by atoms with Crippen LogP contribution in [0.5, 0.6) is 5.75 Å². The third kappa shape index (κ3) is 4.72. The van der Waals surface area contributed by atoms with Gasteiger partial charge in [0.1, 0.15) is 12.4 Å². The molecule has 0 aliphatic carbocycles. The lowest BCUT2D eigenvalue weighted by molar-refractivity contribution is -0.443. The highest BCUT2D eigenvalue weighted by atomic mass is 19.5. The van der Waals surface area contributed by atoms with Gasteiger partial charge in [0, 0.05) is 25.2 Å². The van der Waals surface area contributed by atoms with Crippen molar-refractivity contribution in [3.63, 3.8) is 0 Å². The number of benzene rings is 1. The summed E-state index contributed by atoms with van der Waals surface area (Å²) in [5.74, 6) is 0.936. The van der Waals surface area contributed by atoms with Gasteiger partial charge in [-0.1, -0.05) is 0 Å². The summed E-state index contributed by atoms with van der Waals surface area (Å²) in [4.78, 5) is 0. The fourth-order valence-electron chi connectivity index (χ4n) is 2.86. The van der Waals surface area contributed by atoms with E-state index in [1.807, 2.05) is 0 Å². The van der Waals surface area contributed by atoms with E-state index in [0.29, 0.717) is 0 Å². The summed E-state index contributed by atoms with van der Waals surface area (Å²) < 4.78 is 52.0. The summed E-state index contributed by atoms with van der Waals surface area (Å²) in [5.41, 5.74) is 5.34. The average molecular weight is 349 g/mol. The number of methoxy groups -OCH3 is 2. The van der Waals surface area contributed by atoms with Crippen molar-refractivity contribution in [1.82, 2.24) is 0 Å². The molecule has 0 radical (unpaired) electrons. The lowest BCUT2D eigenvalue weighted by atomic mass is 9.81. The summed E-state index contributed by atoms with van der Waals surface area (Å²) in [7, 11) is -2.53. The number of halogens is 4. The van der Waals surface area contributed by atoms with Gasteiger partial charge in [0.25, 0.3) is 0 Å². The van der Waals surface area contributed by atoms with E-state index in [2.05, 4.69) is 44.4 Å². The highest BCUT2D eigenvalue weighted by Crippen LogP contribution is 2.43. The van der Waals surface area contributed by atoms with Gasteiger partial charge < -0.3 is 26.7 Å². The maximum Gasteiger partial charge on any atom is 0.673 e. The van der Waals surface area contributed by atoms with Crippen molar-refractivity contribution < 1.29 is 31.3 Å². The van der Waals surface area contributed by atoms with Gasteiger partial charge in [-0.15, -0.1) is 0 Å². The highest BCUT2D eigenvalue weighted by molar-refractivity contribution is 6.50. The Bertz CT molecular complexity index is 621. The smallest absolute Gasteiger partial charge is 0.497 e. The van der Waals surface area contributed by atoms with Crippen LogP contribution in [0.25, 0.3) is 0 Å². The molecule has 0 amide bonds. The van der Waals surface area contributed by atoms with E-state index in [4.69, 9.17) is 9.47 Å². The molecule has 2 rings (SSSR count). The third-order valence-electron chi connectivity index (χ3n) is 4.28. The molecule has 0 atom stereocenters. The second kappa shape index (κ2) is 7.55. The maximum atomic E-state index is 9.75. The Morgan fingerprint density at radius 3 is 2.08 bits per heavy atom. The first-order chi connectivity index (χ1) is 10.9. The lowest BCUT2D eigenvalue weighted by Crippen LogP contribution is -2.27. The van der Waals surface area contributed by atoms with E-state index in [9.17, 15) is 17.3 Å². The molecule has 136 valence electrons. The molecule has 0 N–H and O–H groups in total. The van der Waals surface area contributed by atoms with Crippen molar-refractivity contribution in [3.05, 3.63) is 23.3 Å². The SMILES string of the molecule is COCC[N+]1=C(C)C(C)(C)c2cc(OC)cc(C)c21.F[B-](F)(F)F. The maximum absolute atomic E-state index is 9.75. The zero-order chi connectivity index (χ0) is 18.7. The number of hydrogen-bond acceptors (Lipinski definition) is 2. The number of fused-ring (bicyclic) bond motifs is 1. The molecule has 0 aromatic heterocycles. The van der Waals surface area contributed by atoms with Crippen LogP contribution in [-0.4, -0.2) is 44.9 Å². The van der Waals surface area contributed by atoms with Gasteiger partial charge in [0.05, 0.1) is 12.5 Å². The molecule has 0 bridgehead atoms. The first-order valence-corrected chi connectivity index (χ1v) is 7.60. The Hall–Kier alpha value is -1.57. The van der Waals surface area contributed by atoms with Crippen molar-refractivity contribution in [3.8, 4) is 5.75 Å². The molecule has 1 aromatic rings. The summed E-state index contributed by atoms with van der Waals surface area (Å²) in [6.45, 7) is 10.5. The first kappa shape index (κ1) is 20.5. The Balaban J connectivity index is 0.000000505. The van der Waals surface area contributed by atoms with Crippen LogP contribution in [0.4, 0.5) is 23.0 Å². The minimum atomic E-state index is -6.00. The van der Waals surface area contributed by atoms with Crippen molar-refractivity contribution in [2.24, 2.45) is 0 Å². The molecule has 3 nitrogen and oxygen atoms in total. The van der Waals surface area contributed by atoms with Crippen LogP contribution in [0.1, 0.15) is 31.9 Å². The molecule has 0 saturated carbocycles. The molecule has 8 heteroatoms. The monoisotopic (exact) mass is 349 g/mol. The van der Waals surface area contributed by atoms with Gasteiger partial charge in [-0.3, -0.25) is 0 Å². The van der Waals surface area contributed by atoms with Gasteiger partial charge in [-0.25, -0.2) is 0 Å². The standard InChI is InChI=1S/C16H24NO2.BF4/c1-11-9-13(19-6)10-14-15(11)17(7-8-18-5)12(2)16(14,3)4;2-1(3,4)5/h9-10H,7-8H2,1-6H3;/q+1;-1. The van der Waals surface area contributed by atoms with Crippen LogP contribution in [0.2, 0.25) is 0 Å². The van der Waals surface area contributed by atoms with Gasteiger partial charge in [0.2, 0.25) is 5.69 Å². The van der Waals surface area contributed by atoms with Crippen molar-refractivity contribution in [1.29, 1.82) is 0 Å². The highest BCUT2D eigenvalue weighted by Gasteiger charge is 2.44. The van der Waals surface area contributed by atoms with Crippen LogP contribution in [0.3, 0.4) is 0 Å². The molecule has 0 saturated heterocycles. The predicted octanol–water partition coefficient (Wildman–Crippen LogP) is 4.35. The molecule has 1 aliphatic rings. The number of aryl methyl sites for hydroxylation is 1. The molecule has 0 unspecified atom stereocenters. The van der Waals surface area contributed by atoms with Crippen LogP contribution in [-0.2, 0) is 10.2 Å². The first-order valence-electron chi connectivity index (χ1n) is 7.60. The lowest BCUT2D eigenvalue weighted by Gasteiger charge is -2.16. The number of nitrogens with zero attached hydrogens (tertiary/aromatic N) is 1. The van der Waals surface area contributed by atoms with E-state index in [-0.39, 0.29) is 5.41 Å². The summed E-state index contributed by atoms with van der Waals surface area (Å²) in [5, 5.41) is 0. The molecular formula is C16H24BF4NO2. The fraction of sp³-hybridized carbons (Fsp3) is 0.562. The van der Waals surface area contributed by atoms with E-state index in [1.165, 1.54) is 22.5 Å². The van der Waals surface area contributed by atoms with Crippen LogP contribution >= 0.6 is 0 Å². The largest absolute Gasteiger partial charge is 0.673 e. The topological polar surface area (TPSA) is 21.5 Å². The van der Waals surface area contributed by atoms with E-state index in [1.54, 1.807) is 14.2 Å². The number of rotatable bonds is 4. The van der Waals surface area contributed by atoms with E-state index in [0.717, 1.165) is 18.9 Å². The van der Waals surface area contributed by atoms with E-state index < -0.39 is 7.25 Å². The van der Waals surface area contributed by atoms with Crippen molar-refractivity contribution in [2.45, 2.75) is 33.1 Å². The quantitative estimate of drug-likeness (QED) is 0.458. The van der Waals surface area contributed by atoms with Crippen LogP contribution in [0.15, 0.2) is 12.1 Å². The Morgan fingerprint density at radius 1 is 1.08 bits per heavy atom. The number of hydrogen-bond donors (Lipinski definition) is 0. The van der Waals surface area contributed by atoms with Crippen molar-refractivity contribution >= 4 is 18.7 Å². The number of ether oxygens (including phenoxy) is 2. The van der Waals surface area contributed by atoms with Crippen LogP contribution < -0.4 is 4.74 Å². The summed E-state index contributed by atoms with van der Waals surface area (Å²) in [6.07, 6.45) is 0. The Labute approximate surface area is 140 Å². The second-order valence-corrected chi connectivity index (χ2v) is 6.19. The molecule has 1 aromatic carbocycles. The zero-order valence-electron chi connectivity index (χ0n) is 14.9. The average Bonchev–Trinajstić information content (AvgIpc) is 2.64. The molecule has 0 spiro atoms. The molecule has 24 heavy (non-hydrogen) atoms.